The molecule has 0 fully saturated rings. The Kier molecular flexibility index (Phi) is 2.44. The predicted molar refractivity (Wildman–Crippen MR) is 77.1 cm³/mol. The molecule has 0 N–H and O–H groups in total. The van der Waals surface area contributed by atoms with E-state index in [4.69, 9.17) is 0 Å². The standard InChI is InChI=1S/C16H18Ge/c1-17(2,3)16-14-10-6-4-8-12(14)13-9-5-7-11-15(13)16/h4-11,16H,1-3H3. The van der Waals surface area contributed by atoms with Gasteiger partial charge >= 0.3 is 106 Å². The fraction of sp³-hybridized carbons (Fsp3) is 0.250. The molecule has 0 saturated heterocycles. The SMILES string of the molecule is [CH3][Ge]([CH3])([CH3])[CH]1c2ccccc2-c2ccccc21. The van der Waals surface area contributed by atoms with Gasteiger partial charge in [-0.15, -0.1) is 0 Å². The van der Waals surface area contributed by atoms with Crippen molar-refractivity contribution in [1.82, 2.24) is 0 Å². The summed E-state index contributed by atoms with van der Waals surface area (Å²) in [7, 11) is 0. The third-order valence-corrected chi connectivity index (χ3v) is 8.64. The first-order valence-corrected chi connectivity index (χ1v) is 13.8. The van der Waals surface area contributed by atoms with E-state index in [1.807, 2.05) is 0 Å². The molecule has 2 aromatic carbocycles. The van der Waals surface area contributed by atoms with E-state index in [0.29, 0.717) is 4.75 Å². The van der Waals surface area contributed by atoms with Gasteiger partial charge in [0.05, 0.1) is 0 Å². The number of benzene rings is 2. The van der Waals surface area contributed by atoms with Gasteiger partial charge in [0.1, 0.15) is 0 Å². The van der Waals surface area contributed by atoms with Gasteiger partial charge in [-0.05, 0) is 0 Å². The molecule has 0 saturated carbocycles. The summed E-state index contributed by atoms with van der Waals surface area (Å²) in [6.45, 7) is 0. The average Bonchev–Trinajstić information content (AvgIpc) is 2.63. The Labute approximate surface area is 106 Å². The fourth-order valence-corrected chi connectivity index (χ4v) is 8.06. The van der Waals surface area contributed by atoms with Crippen molar-refractivity contribution >= 4 is 13.3 Å². The van der Waals surface area contributed by atoms with Gasteiger partial charge in [0.2, 0.25) is 0 Å². The van der Waals surface area contributed by atoms with Gasteiger partial charge in [0, 0.05) is 0 Å². The predicted octanol–water partition coefficient (Wildman–Crippen LogP) is 4.68. The van der Waals surface area contributed by atoms with Crippen molar-refractivity contribution in [2.24, 2.45) is 0 Å². The number of rotatable bonds is 1. The summed E-state index contributed by atoms with van der Waals surface area (Å²) in [5, 5.41) is 0. The van der Waals surface area contributed by atoms with E-state index in [0.717, 1.165) is 0 Å². The Morgan fingerprint density at radius 1 is 0.706 bits per heavy atom. The van der Waals surface area contributed by atoms with Gasteiger partial charge < -0.3 is 0 Å². The third kappa shape index (κ3) is 1.66. The summed E-state index contributed by atoms with van der Waals surface area (Å²) in [5.41, 5.74) is 6.07. The maximum atomic E-state index is 2.52. The molecule has 1 aliphatic carbocycles. The quantitative estimate of drug-likeness (QED) is 0.667. The molecule has 0 radical (unpaired) electrons. The van der Waals surface area contributed by atoms with Crippen LogP contribution in [0.15, 0.2) is 48.5 Å². The van der Waals surface area contributed by atoms with Gasteiger partial charge in [-0.2, -0.15) is 0 Å². The number of hydrogen-bond acceptors (Lipinski definition) is 0. The van der Waals surface area contributed by atoms with Crippen LogP contribution in [0.3, 0.4) is 0 Å². The first-order chi connectivity index (χ1) is 8.09. The van der Waals surface area contributed by atoms with Crippen LogP contribution in [0.4, 0.5) is 0 Å². The van der Waals surface area contributed by atoms with Crippen LogP contribution in [0.1, 0.15) is 15.9 Å². The van der Waals surface area contributed by atoms with E-state index >= 15 is 0 Å². The van der Waals surface area contributed by atoms with Gasteiger partial charge in [-0.25, -0.2) is 0 Å². The zero-order chi connectivity index (χ0) is 12.0. The van der Waals surface area contributed by atoms with E-state index in [-0.39, 0.29) is 0 Å². The third-order valence-electron chi connectivity index (χ3n) is 3.70. The summed E-state index contributed by atoms with van der Waals surface area (Å²) in [5.74, 6) is 7.55. The Morgan fingerprint density at radius 3 is 1.53 bits per heavy atom. The second kappa shape index (κ2) is 3.74. The van der Waals surface area contributed by atoms with Crippen LogP contribution in [0, 0.1) is 0 Å². The Bertz CT molecular complexity index is 518. The molecule has 0 spiro atoms. The molecule has 0 nitrogen and oxygen atoms in total. The molecule has 2 aromatic rings. The molecule has 86 valence electrons. The van der Waals surface area contributed by atoms with Gasteiger partial charge in [-0.1, -0.05) is 0 Å². The first-order valence-electron chi connectivity index (χ1n) is 6.27. The molecule has 0 heterocycles. The van der Waals surface area contributed by atoms with Gasteiger partial charge in [0.15, 0.2) is 0 Å². The van der Waals surface area contributed by atoms with Crippen molar-refractivity contribution in [2.45, 2.75) is 22.0 Å². The molecular weight excluding hydrogens is 265 g/mol. The van der Waals surface area contributed by atoms with Crippen molar-refractivity contribution in [3.8, 4) is 11.1 Å². The zero-order valence-electron chi connectivity index (χ0n) is 10.7. The second-order valence-electron chi connectivity index (χ2n) is 5.97. The molecule has 0 unspecified atom stereocenters. The van der Waals surface area contributed by atoms with Crippen LogP contribution in [-0.2, 0) is 0 Å². The molecule has 0 bridgehead atoms. The minimum atomic E-state index is -1.75. The Balaban J connectivity index is 2.31. The minimum absolute atomic E-state index is 0.711. The molecule has 17 heavy (non-hydrogen) atoms. The normalized spacial score (nSPS) is 14.5. The molecule has 3 rings (SSSR count). The topological polar surface area (TPSA) is 0 Å². The van der Waals surface area contributed by atoms with Crippen LogP contribution >= 0.6 is 0 Å². The van der Waals surface area contributed by atoms with E-state index in [9.17, 15) is 0 Å². The zero-order valence-corrected chi connectivity index (χ0v) is 12.8. The fourth-order valence-electron chi connectivity index (χ4n) is 3.09. The van der Waals surface area contributed by atoms with Crippen molar-refractivity contribution in [1.29, 1.82) is 0 Å². The van der Waals surface area contributed by atoms with Crippen molar-refractivity contribution in [2.75, 3.05) is 0 Å². The van der Waals surface area contributed by atoms with E-state index in [1.54, 1.807) is 11.1 Å². The number of fused-ring (bicyclic) bond motifs is 3. The van der Waals surface area contributed by atoms with Crippen molar-refractivity contribution < 1.29 is 0 Å². The molecule has 1 heteroatoms. The Morgan fingerprint density at radius 2 is 1.12 bits per heavy atom. The average molecular weight is 283 g/mol. The summed E-state index contributed by atoms with van der Waals surface area (Å²) < 4.78 is 0.711. The summed E-state index contributed by atoms with van der Waals surface area (Å²) in [6.07, 6.45) is 0. The van der Waals surface area contributed by atoms with E-state index in [1.165, 1.54) is 11.1 Å². The molecule has 0 amide bonds. The Hall–Kier alpha value is -1.02. The summed E-state index contributed by atoms with van der Waals surface area (Å²) >= 11 is -1.75. The van der Waals surface area contributed by atoms with Gasteiger partial charge in [0.25, 0.3) is 0 Å². The molecular formula is C16H18Ge. The van der Waals surface area contributed by atoms with Gasteiger partial charge in [-0.3, -0.25) is 0 Å². The van der Waals surface area contributed by atoms with Crippen LogP contribution in [0.25, 0.3) is 11.1 Å². The van der Waals surface area contributed by atoms with Crippen LogP contribution in [-0.4, -0.2) is 13.3 Å². The molecule has 1 aliphatic rings. The second-order valence-corrected chi connectivity index (χ2v) is 17.1. The monoisotopic (exact) mass is 284 g/mol. The summed E-state index contributed by atoms with van der Waals surface area (Å²) in [4.78, 5) is 0. The van der Waals surface area contributed by atoms with E-state index < -0.39 is 13.3 Å². The van der Waals surface area contributed by atoms with Crippen molar-refractivity contribution in [3.05, 3.63) is 59.7 Å². The van der Waals surface area contributed by atoms with Crippen LogP contribution < -0.4 is 0 Å². The van der Waals surface area contributed by atoms with E-state index in [2.05, 4.69) is 65.8 Å². The van der Waals surface area contributed by atoms with Crippen LogP contribution in [0.5, 0.6) is 0 Å². The maximum absolute atomic E-state index is 2.52. The first kappa shape index (κ1) is 11.1. The summed E-state index contributed by atoms with van der Waals surface area (Å²) in [6, 6.07) is 17.9. The van der Waals surface area contributed by atoms with Crippen LogP contribution in [0.2, 0.25) is 17.3 Å². The number of hydrogen-bond donors (Lipinski definition) is 0. The molecule has 0 aromatic heterocycles. The van der Waals surface area contributed by atoms with Crippen molar-refractivity contribution in [3.63, 3.8) is 0 Å². The molecule has 0 atom stereocenters. The molecule has 0 aliphatic heterocycles.